The van der Waals surface area contributed by atoms with Crippen molar-refractivity contribution in [3.05, 3.63) is 23.2 Å². The molecule has 1 saturated heterocycles. The lowest BCUT2D eigenvalue weighted by molar-refractivity contribution is -0.157. The van der Waals surface area contributed by atoms with Gasteiger partial charge in [-0.2, -0.15) is 0 Å². The molecule has 22 heavy (non-hydrogen) atoms. The maximum absolute atomic E-state index is 11.6. The number of halogens is 1. The average molecular weight is 328 g/mol. The Bertz CT molecular complexity index is 521. The van der Waals surface area contributed by atoms with Crippen LogP contribution in [0.15, 0.2) is 18.2 Å². The van der Waals surface area contributed by atoms with Crippen LogP contribution in [0.1, 0.15) is 20.8 Å². The number of nitrogens with zero attached hydrogens (tertiary/aromatic N) is 1. The van der Waals surface area contributed by atoms with Crippen LogP contribution in [0.3, 0.4) is 0 Å². The summed E-state index contributed by atoms with van der Waals surface area (Å²) < 4.78 is 16.0. The zero-order chi connectivity index (χ0) is 16.2. The van der Waals surface area contributed by atoms with Crippen molar-refractivity contribution in [3.8, 4) is 5.75 Å². The lowest BCUT2D eigenvalue weighted by Crippen LogP contribution is -2.36. The summed E-state index contributed by atoms with van der Waals surface area (Å²) in [5.41, 5.74) is 0.502. The Hall–Kier alpha value is -1.46. The fourth-order valence-electron chi connectivity index (χ4n) is 2.13. The number of rotatable bonds is 4. The first kappa shape index (κ1) is 16.9. The van der Waals surface area contributed by atoms with Crippen LogP contribution in [0.2, 0.25) is 5.02 Å². The van der Waals surface area contributed by atoms with Crippen LogP contribution in [0.5, 0.6) is 5.75 Å². The van der Waals surface area contributed by atoms with Crippen molar-refractivity contribution >= 4 is 23.3 Å². The Morgan fingerprint density at radius 2 is 2.00 bits per heavy atom. The quantitative estimate of drug-likeness (QED) is 0.796. The van der Waals surface area contributed by atoms with Crippen LogP contribution in [0.4, 0.5) is 5.69 Å². The van der Waals surface area contributed by atoms with E-state index in [9.17, 15) is 4.79 Å². The van der Waals surface area contributed by atoms with Gasteiger partial charge < -0.3 is 19.1 Å². The van der Waals surface area contributed by atoms with Crippen molar-refractivity contribution in [2.24, 2.45) is 0 Å². The number of morpholine rings is 1. The second-order valence-electron chi connectivity index (χ2n) is 6.09. The normalized spacial score (nSPS) is 15.5. The number of hydrogen-bond donors (Lipinski definition) is 0. The van der Waals surface area contributed by atoms with Gasteiger partial charge in [0, 0.05) is 18.8 Å². The van der Waals surface area contributed by atoms with E-state index in [2.05, 4.69) is 4.90 Å². The van der Waals surface area contributed by atoms with Crippen LogP contribution in [0.25, 0.3) is 0 Å². The molecule has 5 nitrogen and oxygen atoms in total. The summed E-state index contributed by atoms with van der Waals surface area (Å²) in [5.74, 6) is 0.0605. The number of hydrogen-bond acceptors (Lipinski definition) is 5. The molecule has 0 atom stereocenters. The SMILES string of the molecule is CC(C)(C)OC(=O)COc1ccc(N2CCOCC2)cc1Cl. The van der Waals surface area contributed by atoms with Gasteiger partial charge in [0.15, 0.2) is 6.61 Å². The monoisotopic (exact) mass is 327 g/mol. The molecule has 2 rings (SSSR count). The second kappa shape index (κ2) is 7.20. The number of carbonyl (C=O) groups is 1. The van der Waals surface area contributed by atoms with E-state index in [4.69, 9.17) is 25.8 Å². The highest BCUT2D eigenvalue weighted by Crippen LogP contribution is 2.30. The fourth-order valence-corrected chi connectivity index (χ4v) is 2.36. The molecular weight excluding hydrogens is 306 g/mol. The lowest BCUT2D eigenvalue weighted by Gasteiger charge is -2.29. The van der Waals surface area contributed by atoms with Gasteiger partial charge in [-0.05, 0) is 39.0 Å². The Kier molecular flexibility index (Phi) is 5.53. The molecule has 0 saturated carbocycles. The summed E-state index contributed by atoms with van der Waals surface area (Å²) in [4.78, 5) is 13.8. The molecule has 1 aromatic carbocycles. The molecule has 0 aliphatic carbocycles. The number of esters is 1. The smallest absolute Gasteiger partial charge is 0.344 e. The van der Waals surface area contributed by atoms with Gasteiger partial charge in [0.05, 0.1) is 18.2 Å². The minimum atomic E-state index is -0.523. The number of benzene rings is 1. The van der Waals surface area contributed by atoms with E-state index in [0.717, 1.165) is 18.8 Å². The fraction of sp³-hybridized carbons (Fsp3) is 0.562. The number of anilines is 1. The molecule has 6 heteroatoms. The molecule has 0 aromatic heterocycles. The van der Waals surface area contributed by atoms with Gasteiger partial charge in [-0.15, -0.1) is 0 Å². The van der Waals surface area contributed by atoms with Gasteiger partial charge in [0.1, 0.15) is 11.4 Å². The Labute approximate surface area is 136 Å². The van der Waals surface area contributed by atoms with Gasteiger partial charge in [0.2, 0.25) is 0 Å². The van der Waals surface area contributed by atoms with Crippen LogP contribution >= 0.6 is 11.6 Å². The molecule has 0 bridgehead atoms. The van der Waals surface area contributed by atoms with Gasteiger partial charge in [0.25, 0.3) is 0 Å². The predicted molar refractivity (Wildman–Crippen MR) is 85.8 cm³/mol. The molecule has 1 aliphatic rings. The predicted octanol–water partition coefficient (Wildman–Crippen LogP) is 2.90. The molecule has 1 fully saturated rings. The van der Waals surface area contributed by atoms with Crippen molar-refractivity contribution in [3.63, 3.8) is 0 Å². The zero-order valence-electron chi connectivity index (χ0n) is 13.2. The summed E-state index contributed by atoms with van der Waals surface area (Å²) in [6.45, 7) is 8.40. The lowest BCUT2D eigenvalue weighted by atomic mass is 10.2. The van der Waals surface area contributed by atoms with Crippen molar-refractivity contribution in [2.45, 2.75) is 26.4 Å². The largest absolute Gasteiger partial charge is 0.480 e. The topological polar surface area (TPSA) is 48.0 Å². The van der Waals surface area contributed by atoms with Crippen LogP contribution in [-0.4, -0.2) is 44.5 Å². The van der Waals surface area contributed by atoms with Crippen molar-refractivity contribution < 1.29 is 19.0 Å². The van der Waals surface area contributed by atoms with Crippen molar-refractivity contribution in [1.29, 1.82) is 0 Å². The molecule has 122 valence electrons. The highest BCUT2D eigenvalue weighted by atomic mass is 35.5. The molecule has 0 spiro atoms. The Morgan fingerprint density at radius 1 is 1.32 bits per heavy atom. The summed E-state index contributed by atoms with van der Waals surface area (Å²) in [6.07, 6.45) is 0. The maximum atomic E-state index is 11.6. The van der Waals surface area contributed by atoms with Crippen LogP contribution in [-0.2, 0) is 14.3 Å². The van der Waals surface area contributed by atoms with Gasteiger partial charge in [-0.25, -0.2) is 4.79 Å². The third-order valence-electron chi connectivity index (χ3n) is 3.06. The summed E-state index contributed by atoms with van der Waals surface area (Å²) in [6, 6.07) is 5.55. The Morgan fingerprint density at radius 3 is 2.59 bits per heavy atom. The first-order valence-electron chi connectivity index (χ1n) is 7.32. The average Bonchev–Trinajstić information content (AvgIpc) is 2.45. The molecule has 1 heterocycles. The third kappa shape index (κ3) is 5.07. The highest BCUT2D eigenvalue weighted by molar-refractivity contribution is 6.32. The molecule has 0 radical (unpaired) electrons. The minimum absolute atomic E-state index is 0.159. The maximum Gasteiger partial charge on any atom is 0.344 e. The zero-order valence-corrected chi connectivity index (χ0v) is 14.0. The molecule has 1 aromatic rings. The molecule has 0 amide bonds. The summed E-state index contributed by atoms with van der Waals surface area (Å²) >= 11 is 6.23. The van der Waals surface area contributed by atoms with Gasteiger partial charge in [-0.3, -0.25) is 0 Å². The van der Waals surface area contributed by atoms with Crippen molar-refractivity contribution in [1.82, 2.24) is 0 Å². The summed E-state index contributed by atoms with van der Waals surface area (Å²) in [5, 5.41) is 0.479. The highest BCUT2D eigenvalue weighted by Gasteiger charge is 2.17. The van der Waals surface area contributed by atoms with Crippen LogP contribution in [0, 0.1) is 0 Å². The standard InChI is InChI=1S/C16H22ClNO4/c1-16(2,3)22-15(19)11-21-14-5-4-12(10-13(14)17)18-6-8-20-9-7-18/h4-5,10H,6-9,11H2,1-3H3. The van der Waals surface area contributed by atoms with Crippen molar-refractivity contribution in [2.75, 3.05) is 37.8 Å². The van der Waals surface area contributed by atoms with Crippen LogP contribution < -0.4 is 9.64 Å². The third-order valence-corrected chi connectivity index (χ3v) is 3.35. The molecule has 1 aliphatic heterocycles. The van der Waals surface area contributed by atoms with E-state index in [0.29, 0.717) is 24.0 Å². The molecular formula is C16H22ClNO4. The van der Waals surface area contributed by atoms with E-state index >= 15 is 0 Å². The first-order chi connectivity index (χ1) is 10.3. The minimum Gasteiger partial charge on any atom is -0.480 e. The van der Waals surface area contributed by atoms with E-state index in [1.165, 1.54) is 0 Å². The number of ether oxygens (including phenoxy) is 3. The first-order valence-corrected chi connectivity index (χ1v) is 7.70. The molecule has 0 unspecified atom stereocenters. The number of carbonyl (C=O) groups excluding carboxylic acids is 1. The summed E-state index contributed by atoms with van der Waals surface area (Å²) in [7, 11) is 0. The molecule has 0 N–H and O–H groups in total. The van der Waals surface area contributed by atoms with E-state index < -0.39 is 11.6 Å². The van der Waals surface area contributed by atoms with E-state index in [-0.39, 0.29) is 6.61 Å². The van der Waals surface area contributed by atoms with E-state index in [1.807, 2.05) is 32.9 Å². The second-order valence-corrected chi connectivity index (χ2v) is 6.50. The van der Waals surface area contributed by atoms with Gasteiger partial charge in [-0.1, -0.05) is 11.6 Å². The van der Waals surface area contributed by atoms with Gasteiger partial charge >= 0.3 is 5.97 Å². The Balaban J connectivity index is 1.93. The van der Waals surface area contributed by atoms with E-state index in [1.54, 1.807) is 6.07 Å².